The molecule has 0 radical (unpaired) electrons. The molecule has 5 nitrogen and oxygen atoms in total. The number of nitrogens with two attached hydrogens (primary N) is 1. The normalized spacial score (nSPS) is 13.2. The zero-order chi connectivity index (χ0) is 19.7. The standard InChI is InChI=1S/C15H15F6N3O2.ClH/c1-24-13(26-10-4-2-3-8(5-10)14(16,17)18)11(6-9(22)7-25)12(23-24)15(19,20)21;/h2-5,9,25H,6-7,22H2,1H3;1H. The first-order valence-corrected chi connectivity index (χ1v) is 7.28. The third kappa shape index (κ3) is 5.50. The number of aliphatic hydroxyl groups is 1. The quantitative estimate of drug-likeness (QED) is 0.727. The summed E-state index contributed by atoms with van der Waals surface area (Å²) in [7, 11) is 1.16. The van der Waals surface area contributed by atoms with Gasteiger partial charge in [0.25, 0.3) is 0 Å². The molecule has 0 spiro atoms. The van der Waals surface area contributed by atoms with Crippen molar-refractivity contribution < 1.29 is 36.2 Å². The van der Waals surface area contributed by atoms with Crippen LogP contribution < -0.4 is 10.5 Å². The SMILES string of the molecule is Cl.Cn1nc(C(F)(F)F)c(CC(N)CO)c1Oc1cccc(C(F)(F)F)c1. The van der Waals surface area contributed by atoms with Gasteiger partial charge in [-0.15, -0.1) is 12.4 Å². The van der Waals surface area contributed by atoms with Crippen molar-refractivity contribution in [2.24, 2.45) is 12.8 Å². The van der Waals surface area contributed by atoms with Crippen molar-refractivity contribution in [3.05, 3.63) is 41.1 Å². The molecule has 1 heterocycles. The predicted molar refractivity (Wildman–Crippen MR) is 85.7 cm³/mol. The van der Waals surface area contributed by atoms with Crippen LogP contribution in [0.5, 0.6) is 11.6 Å². The molecule has 0 bridgehead atoms. The molecule has 12 heteroatoms. The minimum atomic E-state index is -4.82. The number of hydrogen-bond acceptors (Lipinski definition) is 4. The maximum atomic E-state index is 13.2. The van der Waals surface area contributed by atoms with Gasteiger partial charge in [-0.2, -0.15) is 31.4 Å². The van der Waals surface area contributed by atoms with Gasteiger partial charge in [0.2, 0.25) is 5.88 Å². The third-order valence-electron chi connectivity index (χ3n) is 3.43. The molecule has 2 aromatic rings. The Labute approximate surface area is 156 Å². The van der Waals surface area contributed by atoms with Crippen molar-refractivity contribution in [1.82, 2.24) is 9.78 Å². The lowest BCUT2D eigenvalue weighted by atomic mass is 10.1. The lowest BCUT2D eigenvalue weighted by Gasteiger charge is -2.14. The molecule has 1 aromatic carbocycles. The minimum Gasteiger partial charge on any atom is -0.439 e. The van der Waals surface area contributed by atoms with E-state index < -0.39 is 54.1 Å². The van der Waals surface area contributed by atoms with E-state index in [-0.39, 0.29) is 18.2 Å². The summed E-state index contributed by atoms with van der Waals surface area (Å²) in [6, 6.07) is 2.68. The third-order valence-corrected chi connectivity index (χ3v) is 3.43. The first kappa shape index (κ1) is 23.1. The fourth-order valence-electron chi connectivity index (χ4n) is 2.27. The molecule has 1 unspecified atom stereocenters. The molecule has 0 aliphatic carbocycles. The van der Waals surface area contributed by atoms with Gasteiger partial charge in [-0.1, -0.05) is 6.07 Å². The van der Waals surface area contributed by atoms with E-state index in [0.717, 1.165) is 23.9 Å². The molecule has 0 aliphatic heterocycles. The number of aliphatic hydroxyl groups excluding tert-OH is 1. The van der Waals surface area contributed by atoms with E-state index >= 15 is 0 Å². The number of rotatable bonds is 5. The lowest BCUT2D eigenvalue weighted by molar-refractivity contribution is -0.142. The Kier molecular flexibility index (Phi) is 7.14. The van der Waals surface area contributed by atoms with Gasteiger partial charge in [-0.25, -0.2) is 4.68 Å². The van der Waals surface area contributed by atoms with Gasteiger partial charge >= 0.3 is 12.4 Å². The van der Waals surface area contributed by atoms with Crippen LogP contribution in [-0.2, 0) is 25.8 Å². The second kappa shape index (κ2) is 8.36. The minimum absolute atomic E-state index is 0. The molecule has 2 rings (SSSR count). The summed E-state index contributed by atoms with van der Waals surface area (Å²) in [5, 5.41) is 12.3. The van der Waals surface area contributed by atoms with Gasteiger partial charge in [0.15, 0.2) is 5.69 Å². The molecule has 0 fully saturated rings. The van der Waals surface area contributed by atoms with E-state index in [2.05, 4.69) is 5.10 Å². The maximum absolute atomic E-state index is 13.2. The van der Waals surface area contributed by atoms with Crippen LogP contribution in [0, 0.1) is 0 Å². The van der Waals surface area contributed by atoms with Gasteiger partial charge < -0.3 is 15.6 Å². The van der Waals surface area contributed by atoms with E-state index in [9.17, 15) is 26.3 Å². The van der Waals surface area contributed by atoms with E-state index in [1.165, 1.54) is 6.07 Å². The Morgan fingerprint density at radius 2 is 1.81 bits per heavy atom. The first-order chi connectivity index (χ1) is 11.9. The fraction of sp³-hybridized carbons (Fsp3) is 0.400. The van der Waals surface area contributed by atoms with Crippen molar-refractivity contribution in [3.63, 3.8) is 0 Å². The Bertz CT molecular complexity index is 776. The van der Waals surface area contributed by atoms with E-state index in [1.54, 1.807) is 0 Å². The zero-order valence-electron chi connectivity index (χ0n) is 13.8. The smallest absolute Gasteiger partial charge is 0.435 e. The van der Waals surface area contributed by atoms with Crippen LogP contribution in [0.4, 0.5) is 26.3 Å². The van der Waals surface area contributed by atoms with Crippen molar-refractivity contribution in [2.75, 3.05) is 6.61 Å². The number of ether oxygens (including phenoxy) is 1. The van der Waals surface area contributed by atoms with Crippen molar-refractivity contribution >= 4 is 12.4 Å². The molecule has 0 aliphatic rings. The molecule has 0 saturated carbocycles. The van der Waals surface area contributed by atoms with Gasteiger partial charge in [0.1, 0.15) is 5.75 Å². The summed E-state index contributed by atoms with van der Waals surface area (Å²) >= 11 is 0. The number of nitrogens with zero attached hydrogens (tertiary/aromatic N) is 2. The Morgan fingerprint density at radius 1 is 1.19 bits per heavy atom. The van der Waals surface area contributed by atoms with E-state index in [1.807, 2.05) is 0 Å². The molecule has 27 heavy (non-hydrogen) atoms. The Hall–Kier alpha value is -1.98. The van der Waals surface area contributed by atoms with Crippen LogP contribution in [0.1, 0.15) is 16.8 Å². The van der Waals surface area contributed by atoms with Crippen LogP contribution >= 0.6 is 12.4 Å². The summed E-state index contributed by atoms with van der Waals surface area (Å²) < 4.78 is 83.9. The highest BCUT2D eigenvalue weighted by Gasteiger charge is 2.40. The Morgan fingerprint density at radius 3 is 2.33 bits per heavy atom. The highest BCUT2D eigenvalue weighted by atomic mass is 35.5. The number of aryl methyl sites for hydroxylation is 1. The van der Waals surface area contributed by atoms with Gasteiger partial charge in [0.05, 0.1) is 12.2 Å². The average molecular weight is 420 g/mol. The second-order valence-corrected chi connectivity index (χ2v) is 5.53. The monoisotopic (exact) mass is 419 g/mol. The summed E-state index contributed by atoms with van der Waals surface area (Å²) in [5.74, 6) is -0.712. The van der Waals surface area contributed by atoms with Crippen molar-refractivity contribution in [1.29, 1.82) is 0 Å². The first-order valence-electron chi connectivity index (χ1n) is 7.28. The van der Waals surface area contributed by atoms with Gasteiger partial charge in [-0.3, -0.25) is 0 Å². The number of benzene rings is 1. The predicted octanol–water partition coefficient (Wildman–Crippen LogP) is 3.53. The summed E-state index contributed by atoms with van der Waals surface area (Å²) in [5.41, 5.74) is 2.78. The molecular weight excluding hydrogens is 404 g/mol. The number of alkyl halides is 6. The summed E-state index contributed by atoms with van der Waals surface area (Å²) in [6.07, 6.45) is -9.88. The molecule has 0 amide bonds. The van der Waals surface area contributed by atoms with E-state index in [0.29, 0.717) is 6.07 Å². The highest BCUT2D eigenvalue weighted by molar-refractivity contribution is 5.85. The summed E-state index contributed by atoms with van der Waals surface area (Å²) in [6.45, 7) is -0.588. The average Bonchev–Trinajstić information content (AvgIpc) is 2.83. The molecule has 152 valence electrons. The van der Waals surface area contributed by atoms with Crippen molar-refractivity contribution in [2.45, 2.75) is 24.8 Å². The lowest BCUT2D eigenvalue weighted by Crippen LogP contribution is -2.28. The zero-order valence-corrected chi connectivity index (χ0v) is 14.6. The van der Waals surface area contributed by atoms with Crippen molar-refractivity contribution in [3.8, 4) is 11.6 Å². The summed E-state index contributed by atoms with van der Waals surface area (Å²) in [4.78, 5) is 0. The highest BCUT2D eigenvalue weighted by Crippen LogP contribution is 2.38. The van der Waals surface area contributed by atoms with Crippen LogP contribution in [0.2, 0.25) is 0 Å². The van der Waals surface area contributed by atoms with Crippen LogP contribution in [0.15, 0.2) is 24.3 Å². The van der Waals surface area contributed by atoms with Crippen LogP contribution in [0.3, 0.4) is 0 Å². The molecular formula is C15H16ClF6N3O2. The second-order valence-electron chi connectivity index (χ2n) is 5.53. The topological polar surface area (TPSA) is 73.3 Å². The van der Waals surface area contributed by atoms with Crippen LogP contribution in [0.25, 0.3) is 0 Å². The molecule has 0 saturated heterocycles. The van der Waals surface area contributed by atoms with Crippen LogP contribution in [-0.4, -0.2) is 27.5 Å². The molecule has 1 aromatic heterocycles. The van der Waals surface area contributed by atoms with Gasteiger partial charge in [0, 0.05) is 18.7 Å². The largest absolute Gasteiger partial charge is 0.439 e. The maximum Gasteiger partial charge on any atom is 0.435 e. The molecule has 1 atom stereocenters. The Balaban J connectivity index is 0.00000364. The van der Waals surface area contributed by atoms with E-state index in [4.69, 9.17) is 15.6 Å². The number of halogens is 7. The number of hydrogen-bond donors (Lipinski definition) is 2. The number of aromatic nitrogens is 2. The fourth-order valence-corrected chi connectivity index (χ4v) is 2.27. The van der Waals surface area contributed by atoms with Gasteiger partial charge in [-0.05, 0) is 24.6 Å². The molecule has 3 N–H and O–H groups in total.